The molecule has 9 heteroatoms. The fourth-order valence-electron chi connectivity index (χ4n) is 2.73. The third kappa shape index (κ3) is 4.46. The molecule has 2 aliphatic heterocycles. The predicted molar refractivity (Wildman–Crippen MR) is 86.3 cm³/mol. The molecule has 0 radical (unpaired) electrons. The molecular formula is C16H17F3N2O3S. The smallest absolute Gasteiger partial charge is 0.376 e. The minimum absolute atomic E-state index is 0.0123. The van der Waals surface area contributed by atoms with Gasteiger partial charge in [0.15, 0.2) is 0 Å². The Labute approximate surface area is 146 Å². The molecule has 0 saturated carbocycles. The first-order valence-corrected chi connectivity index (χ1v) is 8.78. The lowest BCUT2D eigenvalue weighted by molar-refractivity contribution is -0.137. The van der Waals surface area contributed by atoms with E-state index in [0.717, 1.165) is 36.7 Å². The van der Waals surface area contributed by atoms with E-state index >= 15 is 0 Å². The molecule has 2 heterocycles. The van der Waals surface area contributed by atoms with Crippen molar-refractivity contribution in [1.82, 2.24) is 5.32 Å². The topological polar surface area (TPSA) is 67.4 Å². The van der Waals surface area contributed by atoms with Gasteiger partial charge in [-0.3, -0.25) is 9.59 Å². The van der Waals surface area contributed by atoms with E-state index in [1.165, 1.54) is 6.07 Å². The van der Waals surface area contributed by atoms with Crippen LogP contribution in [0.4, 0.5) is 18.9 Å². The molecule has 1 saturated heterocycles. The van der Waals surface area contributed by atoms with E-state index in [4.69, 9.17) is 4.74 Å². The Kier molecular flexibility index (Phi) is 5.24. The van der Waals surface area contributed by atoms with Crippen LogP contribution in [0.1, 0.15) is 24.8 Å². The molecule has 1 aromatic carbocycles. The number of halogens is 3. The average molecular weight is 374 g/mol. The Morgan fingerprint density at radius 2 is 2.20 bits per heavy atom. The molecule has 25 heavy (non-hydrogen) atoms. The number of nitrogens with one attached hydrogen (secondary N) is 2. The van der Waals surface area contributed by atoms with Crippen molar-refractivity contribution in [1.29, 1.82) is 0 Å². The van der Waals surface area contributed by atoms with Crippen LogP contribution in [0, 0.1) is 0 Å². The fourth-order valence-corrected chi connectivity index (χ4v) is 3.83. The Balaban J connectivity index is 1.59. The predicted octanol–water partition coefficient (Wildman–Crippen LogP) is 2.80. The van der Waals surface area contributed by atoms with Crippen LogP contribution in [0.3, 0.4) is 0 Å². The van der Waals surface area contributed by atoms with Crippen LogP contribution >= 0.6 is 11.8 Å². The lowest BCUT2D eigenvalue weighted by Crippen LogP contribution is -2.37. The maximum Gasteiger partial charge on any atom is 0.416 e. The fraction of sp³-hybridized carbons (Fsp3) is 0.500. The highest BCUT2D eigenvalue weighted by Gasteiger charge is 2.34. The van der Waals surface area contributed by atoms with Gasteiger partial charge in [0, 0.05) is 24.5 Å². The maximum atomic E-state index is 12.7. The highest BCUT2D eigenvalue weighted by molar-refractivity contribution is 8.01. The number of carbonyl (C=O) groups is 2. The van der Waals surface area contributed by atoms with Gasteiger partial charge in [0.25, 0.3) is 0 Å². The van der Waals surface area contributed by atoms with Crippen LogP contribution < -0.4 is 10.6 Å². The van der Waals surface area contributed by atoms with Crippen LogP contribution in [-0.2, 0) is 20.5 Å². The third-order valence-electron chi connectivity index (χ3n) is 4.05. The normalized spacial score (nSPS) is 23.1. The highest BCUT2D eigenvalue weighted by atomic mass is 32.2. The summed E-state index contributed by atoms with van der Waals surface area (Å²) in [6.07, 6.45) is -2.63. The standard InChI is InChI=1S/C16H17F3N2O3S/c17-16(18,19)9-3-4-12-11(6-9)21-15(23)13(25-12)7-14(22)20-8-10-2-1-5-24-10/h3-4,6,10,13H,1-2,5,7-8H2,(H,20,22)(H,21,23)/t10-,13+/m0/s1. The Morgan fingerprint density at radius 1 is 1.40 bits per heavy atom. The number of hydrogen-bond donors (Lipinski definition) is 2. The number of amides is 2. The van der Waals surface area contributed by atoms with Gasteiger partial charge in [-0.15, -0.1) is 11.8 Å². The van der Waals surface area contributed by atoms with Crippen molar-refractivity contribution >= 4 is 29.3 Å². The number of thioether (sulfide) groups is 1. The molecule has 0 bridgehead atoms. The summed E-state index contributed by atoms with van der Waals surface area (Å²) in [5, 5.41) is 4.53. The van der Waals surface area contributed by atoms with Crippen molar-refractivity contribution in [2.45, 2.75) is 41.7 Å². The summed E-state index contributed by atoms with van der Waals surface area (Å²) in [4.78, 5) is 24.6. The van der Waals surface area contributed by atoms with Gasteiger partial charge in [-0.2, -0.15) is 13.2 Å². The van der Waals surface area contributed by atoms with Crippen LogP contribution in [0.15, 0.2) is 23.1 Å². The van der Waals surface area contributed by atoms with Gasteiger partial charge in [-0.25, -0.2) is 0 Å². The minimum Gasteiger partial charge on any atom is -0.376 e. The lowest BCUT2D eigenvalue weighted by atomic mass is 10.1. The summed E-state index contributed by atoms with van der Waals surface area (Å²) in [5.74, 6) is -0.748. The molecule has 2 atom stereocenters. The van der Waals surface area contributed by atoms with Crippen molar-refractivity contribution in [3.8, 4) is 0 Å². The molecule has 1 aromatic rings. The Morgan fingerprint density at radius 3 is 2.88 bits per heavy atom. The quantitative estimate of drug-likeness (QED) is 0.851. The van der Waals surface area contributed by atoms with E-state index in [1.54, 1.807) is 0 Å². The summed E-state index contributed by atoms with van der Waals surface area (Å²) in [6.45, 7) is 1.10. The molecule has 3 rings (SSSR count). The Hall–Kier alpha value is -1.74. The lowest BCUT2D eigenvalue weighted by Gasteiger charge is -2.24. The van der Waals surface area contributed by atoms with Crippen molar-refractivity contribution in [2.75, 3.05) is 18.5 Å². The summed E-state index contributed by atoms with van der Waals surface area (Å²) in [6, 6.07) is 3.20. The highest BCUT2D eigenvalue weighted by Crippen LogP contribution is 2.40. The third-order valence-corrected chi connectivity index (χ3v) is 5.32. The first-order chi connectivity index (χ1) is 11.8. The van der Waals surface area contributed by atoms with Crippen LogP contribution in [0.25, 0.3) is 0 Å². The second-order valence-electron chi connectivity index (χ2n) is 5.95. The van der Waals surface area contributed by atoms with Gasteiger partial charge in [-0.1, -0.05) is 0 Å². The number of alkyl halides is 3. The number of hydrogen-bond acceptors (Lipinski definition) is 4. The van der Waals surface area contributed by atoms with E-state index < -0.39 is 22.9 Å². The van der Waals surface area contributed by atoms with Crippen molar-refractivity contribution in [3.63, 3.8) is 0 Å². The number of rotatable bonds is 4. The second-order valence-corrected chi connectivity index (χ2v) is 7.19. The summed E-state index contributed by atoms with van der Waals surface area (Å²) >= 11 is 1.10. The number of benzene rings is 1. The zero-order chi connectivity index (χ0) is 18.0. The monoisotopic (exact) mass is 374 g/mol. The van der Waals surface area contributed by atoms with E-state index in [0.29, 0.717) is 18.0 Å². The largest absolute Gasteiger partial charge is 0.416 e. The van der Waals surface area contributed by atoms with E-state index in [2.05, 4.69) is 10.6 Å². The first-order valence-electron chi connectivity index (χ1n) is 7.90. The number of ether oxygens (including phenoxy) is 1. The van der Waals surface area contributed by atoms with Crippen LogP contribution in [0.5, 0.6) is 0 Å². The molecule has 2 amide bonds. The molecule has 136 valence electrons. The van der Waals surface area contributed by atoms with Crippen LogP contribution in [-0.4, -0.2) is 36.3 Å². The summed E-state index contributed by atoms with van der Waals surface area (Å²) < 4.78 is 43.6. The molecule has 2 aliphatic rings. The van der Waals surface area contributed by atoms with Gasteiger partial charge < -0.3 is 15.4 Å². The second kappa shape index (κ2) is 7.25. The molecule has 1 fully saturated rings. The van der Waals surface area contributed by atoms with Gasteiger partial charge in [0.2, 0.25) is 11.8 Å². The number of carbonyl (C=O) groups excluding carboxylic acids is 2. The molecule has 0 aromatic heterocycles. The van der Waals surface area contributed by atoms with Crippen molar-refractivity contribution in [2.24, 2.45) is 0 Å². The summed E-state index contributed by atoms with van der Waals surface area (Å²) in [5.41, 5.74) is -0.694. The molecule has 0 spiro atoms. The van der Waals surface area contributed by atoms with E-state index in [1.807, 2.05) is 0 Å². The SMILES string of the molecule is O=C(C[C@H]1Sc2ccc(C(F)(F)F)cc2NC1=O)NC[C@@H]1CCCO1. The molecule has 0 aliphatic carbocycles. The van der Waals surface area contributed by atoms with Gasteiger partial charge in [0.1, 0.15) is 0 Å². The van der Waals surface area contributed by atoms with Crippen molar-refractivity contribution < 1.29 is 27.5 Å². The zero-order valence-corrected chi connectivity index (χ0v) is 14.0. The number of anilines is 1. The van der Waals surface area contributed by atoms with E-state index in [-0.39, 0.29) is 24.1 Å². The average Bonchev–Trinajstić information content (AvgIpc) is 3.06. The molecule has 0 unspecified atom stereocenters. The van der Waals surface area contributed by atoms with E-state index in [9.17, 15) is 22.8 Å². The first kappa shape index (κ1) is 18.1. The molecule has 2 N–H and O–H groups in total. The van der Waals surface area contributed by atoms with Gasteiger partial charge >= 0.3 is 6.18 Å². The molecular weight excluding hydrogens is 357 g/mol. The Bertz CT molecular complexity index is 675. The maximum absolute atomic E-state index is 12.7. The number of fused-ring (bicyclic) bond motifs is 1. The van der Waals surface area contributed by atoms with Gasteiger partial charge in [-0.05, 0) is 31.0 Å². The molecule has 5 nitrogen and oxygen atoms in total. The zero-order valence-electron chi connectivity index (χ0n) is 13.2. The summed E-state index contributed by atoms with van der Waals surface area (Å²) in [7, 11) is 0. The van der Waals surface area contributed by atoms with Gasteiger partial charge in [0.05, 0.1) is 22.6 Å². The van der Waals surface area contributed by atoms with Crippen molar-refractivity contribution in [3.05, 3.63) is 23.8 Å². The minimum atomic E-state index is -4.47. The van der Waals surface area contributed by atoms with Crippen LogP contribution in [0.2, 0.25) is 0 Å².